The Bertz CT molecular complexity index is 401. The van der Waals surface area contributed by atoms with Gasteiger partial charge < -0.3 is 5.32 Å². The molecule has 2 rings (SSSR count). The molecular weight excluding hydrogens is 220 g/mol. The normalized spacial score (nSPS) is 18.0. The van der Waals surface area contributed by atoms with Crippen molar-refractivity contribution in [3.63, 3.8) is 0 Å². The summed E-state index contributed by atoms with van der Waals surface area (Å²) in [7, 11) is 0. The maximum Gasteiger partial charge on any atom is 0.0628 e. The van der Waals surface area contributed by atoms with E-state index in [-0.39, 0.29) is 0 Å². The van der Waals surface area contributed by atoms with Gasteiger partial charge in [0, 0.05) is 19.0 Å². The van der Waals surface area contributed by atoms with Gasteiger partial charge >= 0.3 is 0 Å². The van der Waals surface area contributed by atoms with Gasteiger partial charge in [-0.1, -0.05) is 30.3 Å². The van der Waals surface area contributed by atoms with Gasteiger partial charge in [0.25, 0.3) is 0 Å². The van der Waals surface area contributed by atoms with Crippen molar-refractivity contribution in [2.24, 2.45) is 5.41 Å². The second-order valence-electron chi connectivity index (χ2n) is 5.64. The summed E-state index contributed by atoms with van der Waals surface area (Å²) in [6, 6.07) is 13.5. The fraction of sp³-hybridized carbons (Fsp3) is 0.562. The van der Waals surface area contributed by atoms with Gasteiger partial charge in [-0.2, -0.15) is 5.26 Å². The first-order chi connectivity index (χ1) is 8.74. The molecule has 0 aromatic heterocycles. The number of hydrogen-bond donors (Lipinski definition) is 1. The molecule has 1 aromatic rings. The minimum absolute atomic E-state index is 0.315. The summed E-state index contributed by atoms with van der Waals surface area (Å²) in [4.78, 5) is 0. The summed E-state index contributed by atoms with van der Waals surface area (Å²) in [5.41, 5.74) is 1.72. The molecular formula is C16H22N2. The van der Waals surface area contributed by atoms with Gasteiger partial charge in [0.05, 0.1) is 6.07 Å². The first-order valence-corrected chi connectivity index (χ1v) is 6.88. The third kappa shape index (κ3) is 3.85. The predicted molar refractivity (Wildman–Crippen MR) is 74.1 cm³/mol. The Balaban J connectivity index is 1.67. The van der Waals surface area contributed by atoms with Crippen LogP contribution in [0.3, 0.4) is 0 Å². The number of rotatable bonds is 7. The summed E-state index contributed by atoms with van der Waals surface area (Å²) < 4.78 is 0. The van der Waals surface area contributed by atoms with Crippen molar-refractivity contribution in [1.29, 1.82) is 5.26 Å². The molecule has 1 aliphatic rings. The summed E-state index contributed by atoms with van der Waals surface area (Å²) in [5.74, 6) is 0. The molecule has 1 saturated carbocycles. The number of nitrogens with zero attached hydrogens (tertiary/aromatic N) is 1. The van der Waals surface area contributed by atoms with Crippen LogP contribution in [0.5, 0.6) is 0 Å². The Labute approximate surface area is 110 Å². The van der Waals surface area contributed by atoms with Crippen molar-refractivity contribution < 1.29 is 0 Å². The Morgan fingerprint density at radius 1 is 1.33 bits per heavy atom. The van der Waals surface area contributed by atoms with Gasteiger partial charge in [-0.3, -0.25) is 0 Å². The quantitative estimate of drug-likeness (QED) is 0.796. The lowest BCUT2D eigenvalue weighted by molar-refractivity contribution is 0.415. The van der Waals surface area contributed by atoms with Gasteiger partial charge in [0.15, 0.2) is 0 Å². The highest BCUT2D eigenvalue weighted by molar-refractivity contribution is 5.14. The van der Waals surface area contributed by atoms with E-state index in [1.807, 2.05) is 0 Å². The van der Waals surface area contributed by atoms with E-state index in [2.05, 4.69) is 48.6 Å². The van der Waals surface area contributed by atoms with E-state index in [0.29, 0.717) is 17.9 Å². The topological polar surface area (TPSA) is 35.8 Å². The summed E-state index contributed by atoms with van der Waals surface area (Å²) >= 11 is 0. The lowest BCUT2D eigenvalue weighted by atomic mass is 10.0. The van der Waals surface area contributed by atoms with E-state index in [1.165, 1.54) is 18.4 Å². The molecule has 1 unspecified atom stereocenters. The molecule has 18 heavy (non-hydrogen) atoms. The smallest absolute Gasteiger partial charge is 0.0628 e. The van der Waals surface area contributed by atoms with Crippen LogP contribution >= 0.6 is 0 Å². The van der Waals surface area contributed by atoms with Gasteiger partial charge in [-0.05, 0) is 43.6 Å². The van der Waals surface area contributed by atoms with Crippen LogP contribution in [-0.2, 0) is 6.42 Å². The van der Waals surface area contributed by atoms with Gasteiger partial charge in [0.2, 0.25) is 0 Å². The molecule has 0 aliphatic heterocycles. The second kappa shape index (κ2) is 6.02. The third-order valence-corrected chi connectivity index (χ3v) is 3.95. The third-order valence-electron chi connectivity index (χ3n) is 3.95. The standard InChI is InChI=1S/C16H22N2/c1-14(7-8-15-5-3-2-4-6-15)18-13-16(9-10-16)11-12-17/h2-6,14,18H,7-11,13H2,1H3. The average Bonchev–Trinajstić information content (AvgIpc) is 3.16. The SMILES string of the molecule is CC(CCc1ccccc1)NCC1(CC#N)CC1. The van der Waals surface area contributed by atoms with Crippen LogP contribution in [0.4, 0.5) is 0 Å². The minimum Gasteiger partial charge on any atom is -0.314 e. The fourth-order valence-corrected chi connectivity index (χ4v) is 2.28. The Hall–Kier alpha value is -1.33. The summed E-state index contributed by atoms with van der Waals surface area (Å²) in [6.45, 7) is 3.25. The highest BCUT2D eigenvalue weighted by atomic mass is 14.9. The molecule has 1 atom stereocenters. The van der Waals surface area contributed by atoms with Crippen LogP contribution in [0.1, 0.15) is 38.2 Å². The van der Waals surface area contributed by atoms with Crippen molar-refractivity contribution in [2.45, 2.75) is 45.1 Å². The molecule has 0 amide bonds. The van der Waals surface area contributed by atoms with Crippen molar-refractivity contribution in [2.75, 3.05) is 6.54 Å². The van der Waals surface area contributed by atoms with Gasteiger partial charge in [0.1, 0.15) is 0 Å². The molecule has 0 heterocycles. The Morgan fingerprint density at radius 2 is 2.06 bits per heavy atom. The number of nitrogens with one attached hydrogen (secondary N) is 1. The van der Waals surface area contributed by atoms with Gasteiger partial charge in [-0.25, -0.2) is 0 Å². The van der Waals surface area contributed by atoms with Crippen molar-refractivity contribution in [3.8, 4) is 6.07 Å². The fourth-order valence-electron chi connectivity index (χ4n) is 2.28. The molecule has 0 saturated heterocycles. The van der Waals surface area contributed by atoms with Crippen molar-refractivity contribution in [1.82, 2.24) is 5.32 Å². The second-order valence-corrected chi connectivity index (χ2v) is 5.64. The maximum absolute atomic E-state index is 8.78. The first kappa shape index (κ1) is 13.1. The molecule has 1 aromatic carbocycles. The van der Waals surface area contributed by atoms with E-state index in [9.17, 15) is 0 Å². The molecule has 1 fully saturated rings. The highest BCUT2D eigenvalue weighted by Gasteiger charge is 2.42. The van der Waals surface area contributed by atoms with E-state index in [0.717, 1.165) is 19.4 Å². The highest BCUT2D eigenvalue weighted by Crippen LogP contribution is 2.47. The summed E-state index contributed by atoms with van der Waals surface area (Å²) in [6.07, 6.45) is 5.44. The lowest BCUT2D eigenvalue weighted by Crippen LogP contribution is -2.32. The molecule has 0 spiro atoms. The molecule has 0 bridgehead atoms. The lowest BCUT2D eigenvalue weighted by Gasteiger charge is -2.18. The number of hydrogen-bond acceptors (Lipinski definition) is 2. The zero-order valence-corrected chi connectivity index (χ0v) is 11.2. The van der Waals surface area contributed by atoms with Crippen LogP contribution in [-0.4, -0.2) is 12.6 Å². The molecule has 96 valence electrons. The van der Waals surface area contributed by atoms with Crippen LogP contribution in [0.2, 0.25) is 0 Å². The van der Waals surface area contributed by atoms with Crippen molar-refractivity contribution >= 4 is 0 Å². The monoisotopic (exact) mass is 242 g/mol. The molecule has 2 heteroatoms. The number of aryl methyl sites for hydroxylation is 1. The zero-order chi connectivity index (χ0) is 12.8. The average molecular weight is 242 g/mol. The first-order valence-electron chi connectivity index (χ1n) is 6.88. The number of nitriles is 1. The molecule has 2 nitrogen and oxygen atoms in total. The van der Waals surface area contributed by atoms with Crippen molar-refractivity contribution in [3.05, 3.63) is 35.9 Å². The maximum atomic E-state index is 8.78. The molecule has 1 aliphatic carbocycles. The number of benzene rings is 1. The largest absolute Gasteiger partial charge is 0.314 e. The predicted octanol–water partition coefficient (Wildman–Crippen LogP) is 3.29. The summed E-state index contributed by atoms with van der Waals surface area (Å²) in [5, 5.41) is 12.4. The van der Waals surface area contributed by atoms with Crippen LogP contribution in [0.25, 0.3) is 0 Å². The van der Waals surface area contributed by atoms with E-state index in [1.54, 1.807) is 0 Å². The van der Waals surface area contributed by atoms with Crippen LogP contribution < -0.4 is 5.32 Å². The molecule has 0 radical (unpaired) electrons. The zero-order valence-electron chi connectivity index (χ0n) is 11.2. The van der Waals surface area contributed by atoms with E-state index < -0.39 is 0 Å². The van der Waals surface area contributed by atoms with E-state index in [4.69, 9.17) is 5.26 Å². The van der Waals surface area contributed by atoms with Crippen LogP contribution in [0.15, 0.2) is 30.3 Å². The van der Waals surface area contributed by atoms with Crippen LogP contribution in [0, 0.1) is 16.7 Å². The Kier molecular flexibility index (Phi) is 4.38. The van der Waals surface area contributed by atoms with Gasteiger partial charge in [-0.15, -0.1) is 0 Å². The molecule has 1 N–H and O–H groups in total. The Morgan fingerprint density at radius 3 is 2.67 bits per heavy atom. The minimum atomic E-state index is 0.315. The van der Waals surface area contributed by atoms with E-state index >= 15 is 0 Å².